The van der Waals surface area contributed by atoms with Crippen LogP contribution in [0.25, 0.3) is 0 Å². The van der Waals surface area contributed by atoms with E-state index in [0.29, 0.717) is 13.0 Å². The van der Waals surface area contributed by atoms with Gasteiger partial charge < -0.3 is 11.1 Å². The number of hydrogen-bond donors (Lipinski definition) is 2. The lowest BCUT2D eigenvalue weighted by Crippen LogP contribution is -2.35. The molecule has 0 aromatic heterocycles. The Balaban J connectivity index is 2.58. The van der Waals surface area contributed by atoms with Crippen LogP contribution in [0, 0.1) is 13.8 Å². The molecule has 1 unspecified atom stereocenters. The van der Waals surface area contributed by atoms with Gasteiger partial charge in [0.25, 0.3) is 0 Å². The van der Waals surface area contributed by atoms with Crippen molar-refractivity contribution in [3.8, 4) is 0 Å². The third-order valence-electron chi connectivity index (χ3n) is 2.86. The van der Waals surface area contributed by atoms with Crippen LogP contribution in [-0.4, -0.2) is 18.5 Å². The molecule has 1 aromatic carbocycles. The first-order valence-electron chi connectivity index (χ1n) is 6.08. The van der Waals surface area contributed by atoms with Crippen molar-refractivity contribution in [1.82, 2.24) is 5.32 Å². The van der Waals surface area contributed by atoms with E-state index < -0.39 is 0 Å². The summed E-state index contributed by atoms with van der Waals surface area (Å²) in [6, 6.07) is 6.34. The third kappa shape index (κ3) is 4.57. The quantitative estimate of drug-likeness (QED) is 0.814. The summed E-state index contributed by atoms with van der Waals surface area (Å²) in [7, 11) is 0. The number of amides is 1. The van der Waals surface area contributed by atoms with Crippen molar-refractivity contribution >= 4 is 5.91 Å². The maximum absolute atomic E-state index is 11.8. The van der Waals surface area contributed by atoms with Gasteiger partial charge in [0.05, 0.1) is 6.42 Å². The van der Waals surface area contributed by atoms with Crippen LogP contribution in [0.3, 0.4) is 0 Å². The van der Waals surface area contributed by atoms with Crippen molar-refractivity contribution in [1.29, 1.82) is 0 Å². The van der Waals surface area contributed by atoms with E-state index in [9.17, 15) is 4.79 Å². The van der Waals surface area contributed by atoms with Crippen LogP contribution >= 0.6 is 0 Å². The Morgan fingerprint density at radius 3 is 2.76 bits per heavy atom. The van der Waals surface area contributed by atoms with Gasteiger partial charge in [0.1, 0.15) is 0 Å². The molecule has 0 fully saturated rings. The van der Waals surface area contributed by atoms with E-state index in [2.05, 4.69) is 23.5 Å². The first kappa shape index (κ1) is 13.7. The second-order valence-corrected chi connectivity index (χ2v) is 4.65. The van der Waals surface area contributed by atoms with Gasteiger partial charge in [-0.3, -0.25) is 4.79 Å². The molecular formula is C14H22N2O. The molecule has 0 heterocycles. The van der Waals surface area contributed by atoms with E-state index in [1.54, 1.807) is 0 Å². The second kappa shape index (κ2) is 6.40. The predicted octanol–water partition coefficient (Wildman–Crippen LogP) is 1.70. The van der Waals surface area contributed by atoms with Crippen LogP contribution < -0.4 is 11.1 Å². The number of nitrogens with two attached hydrogens (primary N) is 1. The topological polar surface area (TPSA) is 55.1 Å². The molecule has 0 aliphatic rings. The number of nitrogens with one attached hydrogen (secondary N) is 1. The maximum atomic E-state index is 11.8. The summed E-state index contributed by atoms with van der Waals surface area (Å²) in [5, 5.41) is 2.96. The molecule has 1 rings (SSSR count). The smallest absolute Gasteiger partial charge is 0.224 e. The molecule has 3 nitrogen and oxygen atoms in total. The minimum atomic E-state index is 0.0691. The molecule has 0 saturated carbocycles. The Morgan fingerprint density at radius 2 is 2.12 bits per heavy atom. The minimum absolute atomic E-state index is 0.0691. The molecule has 0 saturated heterocycles. The molecule has 0 aliphatic carbocycles. The molecule has 3 N–H and O–H groups in total. The van der Waals surface area contributed by atoms with Gasteiger partial charge in [-0.05, 0) is 44.9 Å². The van der Waals surface area contributed by atoms with Gasteiger partial charge in [-0.2, -0.15) is 0 Å². The Labute approximate surface area is 103 Å². The molecule has 94 valence electrons. The highest BCUT2D eigenvalue weighted by Crippen LogP contribution is 2.11. The number of hydrogen-bond acceptors (Lipinski definition) is 2. The van der Waals surface area contributed by atoms with E-state index in [1.165, 1.54) is 5.56 Å². The molecule has 0 bridgehead atoms. The van der Waals surface area contributed by atoms with Crippen molar-refractivity contribution in [3.63, 3.8) is 0 Å². The molecule has 1 atom stereocenters. The molecule has 0 aliphatic heterocycles. The summed E-state index contributed by atoms with van der Waals surface area (Å²) in [4.78, 5) is 11.8. The highest BCUT2D eigenvalue weighted by Gasteiger charge is 2.09. The Morgan fingerprint density at radius 1 is 1.41 bits per heavy atom. The monoisotopic (exact) mass is 234 g/mol. The van der Waals surface area contributed by atoms with Gasteiger partial charge in [-0.1, -0.05) is 23.8 Å². The Kier molecular flexibility index (Phi) is 5.16. The minimum Gasteiger partial charge on any atom is -0.353 e. The number of aryl methyl sites for hydroxylation is 2. The summed E-state index contributed by atoms with van der Waals surface area (Å²) in [5.74, 6) is 0.0691. The summed E-state index contributed by atoms with van der Waals surface area (Å²) < 4.78 is 0. The predicted molar refractivity (Wildman–Crippen MR) is 70.9 cm³/mol. The van der Waals surface area contributed by atoms with Crippen LogP contribution in [0.15, 0.2) is 18.2 Å². The van der Waals surface area contributed by atoms with Crippen LogP contribution in [0.1, 0.15) is 30.0 Å². The van der Waals surface area contributed by atoms with E-state index >= 15 is 0 Å². The average Bonchev–Trinajstić information content (AvgIpc) is 2.23. The van der Waals surface area contributed by atoms with E-state index in [4.69, 9.17) is 5.73 Å². The van der Waals surface area contributed by atoms with Gasteiger partial charge in [-0.15, -0.1) is 0 Å². The van der Waals surface area contributed by atoms with E-state index in [-0.39, 0.29) is 11.9 Å². The van der Waals surface area contributed by atoms with Crippen molar-refractivity contribution in [3.05, 3.63) is 34.9 Å². The van der Waals surface area contributed by atoms with Crippen LogP contribution in [0.5, 0.6) is 0 Å². The number of carbonyl (C=O) groups is 1. The van der Waals surface area contributed by atoms with Crippen LogP contribution in [-0.2, 0) is 11.2 Å². The lowest BCUT2D eigenvalue weighted by Gasteiger charge is -2.13. The average molecular weight is 234 g/mol. The van der Waals surface area contributed by atoms with Gasteiger partial charge in [0.15, 0.2) is 0 Å². The van der Waals surface area contributed by atoms with E-state index in [0.717, 1.165) is 17.5 Å². The fourth-order valence-electron chi connectivity index (χ4n) is 1.81. The molecule has 0 radical (unpaired) electrons. The Hall–Kier alpha value is -1.35. The Bertz CT molecular complexity index is 388. The van der Waals surface area contributed by atoms with E-state index in [1.807, 2.05) is 20.8 Å². The summed E-state index contributed by atoms with van der Waals surface area (Å²) in [6.07, 6.45) is 1.26. The fourth-order valence-corrected chi connectivity index (χ4v) is 1.81. The molecular weight excluding hydrogens is 212 g/mol. The van der Waals surface area contributed by atoms with Gasteiger partial charge >= 0.3 is 0 Å². The molecule has 1 aromatic rings. The van der Waals surface area contributed by atoms with Crippen LogP contribution in [0.2, 0.25) is 0 Å². The molecule has 0 spiro atoms. The van der Waals surface area contributed by atoms with Crippen LogP contribution in [0.4, 0.5) is 0 Å². The summed E-state index contributed by atoms with van der Waals surface area (Å²) >= 11 is 0. The van der Waals surface area contributed by atoms with Crippen molar-refractivity contribution in [2.75, 3.05) is 6.54 Å². The normalized spacial score (nSPS) is 12.2. The lowest BCUT2D eigenvalue weighted by atomic mass is 10.0. The van der Waals surface area contributed by atoms with Gasteiger partial charge in [0, 0.05) is 6.04 Å². The highest BCUT2D eigenvalue weighted by molar-refractivity contribution is 5.79. The summed E-state index contributed by atoms with van der Waals surface area (Å²) in [6.45, 7) is 6.65. The highest BCUT2D eigenvalue weighted by atomic mass is 16.1. The third-order valence-corrected chi connectivity index (χ3v) is 2.86. The van der Waals surface area contributed by atoms with Gasteiger partial charge in [0.2, 0.25) is 5.91 Å². The standard InChI is InChI=1S/C14H22N2O/c1-10-4-5-11(2)13(8-10)9-14(17)16-12(3)6-7-15/h4-5,8,12H,6-7,9,15H2,1-3H3,(H,16,17). The zero-order valence-electron chi connectivity index (χ0n) is 10.9. The zero-order chi connectivity index (χ0) is 12.8. The fraction of sp³-hybridized carbons (Fsp3) is 0.500. The van der Waals surface area contributed by atoms with Gasteiger partial charge in [-0.25, -0.2) is 0 Å². The first-order chi connectivity index (χ1) is 8.02. The van der Waals surface area contributed by atoms with Crippen molar-refractivity contribution in [2.45, 2.75) is 39.7 Å². The van der Waals surface area contributed by atoms with Crippen molar-refractivity contribution < 1.29 is 4.79 Å². The lowest BCUT2D eigenvalue weighted by molar-refractivity contribution is -0.121. The molecule has 1 amide bonds. The van der Waals surface area contributed by atoms with Crippen molar-refractivity contribution in [2.24, 2.45) is 5.73 Å². The molecule has 3 heteroatoms. The zero-order valence-corrected chi connectivity index (χ0v) is 10.9. The number of rotatable bonds is 5. The largest absolute Gasteiger partial charge is 0.353 e. The summed E-state index contributed by atoms with van der Waals surface area (Å²) in [5.41, 5.74) is 8.90. The number of benzene rings is 1. The first-order valence-corrected chi connectivity index (χ1v) is 6.08. The maximum Gasteiger partial charge on any atom is 0.224 e. The number of carbonyl (C=O) groups excluding carboxylic acids is 1. The molecule has 17 heavy (non-hydrogen) atoms. The second-order valence-electron chi connectivity index (χ2n) is 4.65. The SMILES string of the molecule is Cc1ccc(C)c(CC(=O)NC(C)CCN)c1.